The third-order valence-electron chi connectivity index (χ3n) is 4.04. The van der Waals surface area contributed by atoms with Crippen molar-refractivity contribution in [2.24, 2.45) is 0 Å². The molecule has 0 saturated carbocycles. The van der Waals surface area contributed by atoms with Crippen LogP contribution in [-0.2, 0) is 19.1 Å². The highest BCUT2D eigenvalue weighted by Gasteiger charge is 2.26. The van der Waals surface area contributed by atoms with Gasteiger partial charge in [-0.25, -0.2) is 26.5 Å². The van der Waals surface area contributed by atoms with Crippen molar-refractivity contribution >= 4 is 47.1 Å². The number of hydrogen-bond acceptors (Lipinski definition) is 12. The Morgan fingerprint density at radius 3 is 1.81 bits per heavy atom. The lowest BCUT2D eigenvalue weighted by atomic mass is 10.3. The summed E-state index contributed by atoms with van der Waals surface area (Å²) >= 11 is 0. The molecule has 18 heteroatoms. The molecule has 1 aromatic heterocycles. The number of sulfonamides is 1. The topological polar surface area (TPSA) is 211 Å². The number of aromatic nitrogens is 2. The van der Waals surface area contributed by atoms with E-state index < -0.39 is 50.1 Å². The van der Waals surface area contributed by atoms with Gasteiger partial charge in [0.2, 0.25) is 5.95 Å². The molecule has 0 amide bonds. The maximum Gasteiger partial charge on any atom is 0.289 e. The van der Waals surface area contributed by atoms with Gasteiger partial charge in [-0.3, -0.25) is 20.2 Å². The summed E-state index contributed by atoms with van der Waals surface area (Å²) in [6.45, 7) is 0. The second-order valence-corrected chi connectivity index (χ2v) is 10.4. The quantitative estimate of drug-likeness (QED) is 0.239. The maximum absolute atomic E-state index is 12.3. The molecule has 192 valence electrons. The minimum absolute atomic E-state index is 0.0164. The number of para-hydroxylation sites is 2. The van der Waals surface area contributed by atoms with E-state index in [1.807, 2.05) is 0 Å². The van der Waals surface area contributed by atoms with E-state index >= 15 is 0 Å². The number of nitro groups is 2. The molecule has 0 radical (unpaired) electrons. The molecular weight excluding hydrogens is 546 g/mol. The van der Waals surface area contributed by atoms with E-state index in [1.165, 1.54) is 44.7 Å². The molecular formula is C18H16ClN5O10S2. The first-order valence-electron chi connectivity index (χ1n) is 9.21. The van der Waals surface area contributed by atoms with Crippen LogP contribution in [0.4, 0.5) is 17.3 Å². The number of benzene rings is 2. The molecule has 0 aliphatic heterocycles. The summed E-state index contributed by atoms with van der Waals surface area (Å²) in [5, 5.41) is 21.3. The van der Waals surface area contributed by atoms with Gasteiger partial charge in [0, 0.05) is 22.8 Å². The molecule has 0 atom stereocenters. The zero-order chi connectivity index (χ0) is 27.1. The molecule has 0 saturated heterocycles. The zero-order valence-electron chi connectivity index (χ0n) is 18.3. The third-order valence-corrected chi connectivity index (χ3v) is 6.78. The molecule has 1 heterocycles. The van der Waals surface area contributed by atoms with E-state index in [1.54, 1.807) is 0 Å². The molecule has 1 N–H and O–H groups in total. The van der Waals surface area contributed by atoms with Gasteiger partial charge in [0.15, 0.2) is 15.5 Å². The number of nitrogens with zero attached hydrogens (tertiary/aromatic N) is 4. The summed E-state index contributed by atoms with van der Waals surface area (Å²) in [6, 6.07) is 9.83. The Bertz CT molecular complexity index is 1500. The van der Waals surface area contributed by atoms with Gasteiger partial charge in [-0.1, -0.05) is 24.3 Å². The van der Waals surface area contributed by atoms with Crippen molar-refractivity contribution in [3.8, 4) is 11.6 Å². The minimum atomic E-state index is -4.25. The van der Waals surface area contributed by atoms with Gasteiger partial charge in [-0.2, -0.15) is 4.98 Å². The van der Waals surface area contributed by atoms with E-state index in [-0.39, 0.29) is 17.6 Å². The fraction of sp³-hybridized carbons (Fsp3) is 0.111. The Labute approximate surface area is 208 Å². The predicted octanol–water partition coefficient (Wildman–Crippen LogP) is 2.73. The van der Waals surface area contributed by atoms with Gasteiger partial charge < -0.3 is 9.47 Å². The van der Waals surface area contributed by atoms with Crippen molar-refractivity contribution in [3.05, 3.63) is 75.0 Å². The SMILES string of the molecule is COc1cnc(NS(=O)(=O)c2ccccc2[N+](=O)[O-])nc1OC.O=[N+]([O-])c1ccccc1S(=O)(=O)Cl. The summed E-state index contributed by atoms with van der Waals surface area (Å²) in [6.07, 6.45) is 1.21. The van der Waals surface area contributed by atoms with E-state index in [0.717, 1.165) is 24.3 Å². The maximum atomic E-state index is 12.3. The van der Waals surface area contributed by atoms with E-state index in [0.29, 0.717) is 0 Å². The van der Waals surface area contributed by atoms with Gasteiger partial charge in [-0.15, -0.1) is 0 Å². The highest BCUT2D eigenvalue weighted by atomic mass is 35.7. The summed E-state index contributed by atoms with van der Waals surface area (Å²) in [5.74, 6) is -0.0790. The van der Waals surface area contributed by atoms with Crippen LogP contribution in [0.3, 0.4) is 0 Å². The van der Waals surface area contributed by atoms with E-state index in [9.17, 15) is 37.1 Å². The fourth-order valence-electron chi connectivity index (χ4n) is 2.52. The first-order valence-corrected chi connectivity index (χ1v) is 13.0. The molecule has 0 fully saturated rings. The first kappa shape index (κ1) is 28.1. The molecule has 36 heavy (non-hydrogen) atoms. The van der Waals surface area contributed by atoms with Crippen molar-refractivity contribution in [1.82, 2.24) is 9.97 Å². The standard InChI is InChI=1S/C12H12N4O6S.C6H4ClNO4S/c1-21-9-7-13-12(14-11(9)22-2)15-23(19,20)10-6-4-3-5-8(10)16(17)18;7-13(11,12)6-4-2-1-3-5(6)8(9)10/h3-7H,1-2H3,(H,13,14,15);1-4H. The second-order valence-electron chi connectivity index (χ2n) is 6.26. The Morgan fingerprint density at radius 2 is 1.36 bits per heavy atom. The van der Waals surface area contributed by atoms with E-state index in [4.69, 9.17) is 20.2 Å². The third kappa shape index (κ3) is 6.96. The van der Waals surface area contributed by atoms with Crippen LogP contribution >= 0.6 is 10.7 Å². The number of nitrogens with one attached hydrogen (secondary N) is 1. The minimum Gasteiger partial charge on any atom is -0.490 e. The summed E-state index contributed by atoms with van der Waals surface area (Å²) < 4.78 is 58.2. The van der Waals surface area contributed by atoms with Gasteiger partial charge in [0.05, 0.1) is 30.3 Å². The van der Waals surface area contributed by atoms with Crippen LogP contribution in [0.5, 0.6) is 11.6 Å². The van der Waals surface area contributed by atoms with Crippen LogP contribution in [-0.4, -0.2) is 50.9 Å². The summed E-state index contributed by atoms with van der Waals surface area (Å²) in [7, 11) is -0.621. The number of rotatable bonds is 8. The van der Waals surface area contributed by atoms with Crippen molar-refractivity contribution in [2.75, 3.05) is 18.9 Å². The van der Waals surface area contributed by atoms with Crippen LogP contribution in [0.25, 0.3) is 0 Å². The average Bonchev–Trinajstić information content (AvgIpc) is 2.83. The van der Waals surface area contributed by atoms with Crippen LogP contribution in [0, 0.1) is 20.2 Å². The fourth-order valence-corrected chi connectivity index (χ4v) is 4.66. The lowest BCUT2D eigenvalue weighted by Gasteiger charge is -2.09. The van der Waals surface area contributed by atoms with Crippen LogP contribution in [0.1, 0.15) is 0 Å². The summed E-state index contributed by atoms with van der Waals surface area (Å²) in [5.41, 5.74) is -1.07. The van der Waals surface area contributed by atoms with Crippen LogP contribution in [0.15, 0.2) is 64.5 Å². The highest BCUT2D eigenvalue weighted by molar-refractivity contribution is 8.13. The molecule has 0 spiro atoms. The molecule has 0 aliphatic carbocycles. The van der Waals surface area contributed by atoms with Crippen molar-refractivity contribution in [2.45, 2.75) is 9.79 Å². The van der Waals surface area contributed by atoms with Gasteiger partial charge in [0.1, 0.15) is 0 Å². The van der Waals surface area contributed by atoms with Gasteiger partial charge >= 0.3 is 0 Å². The molecule has 0 bridgehead atoms. The molecule has 2 aromatic carbocycles. The molecule has 0 aliphatic rings. The van der Waals surface area contributed by atoms with Crippen LogP contribution < -0.4 is 14.2 Å². The smallest absolute Gasteiger partial charge is 0.289 e. The Balaban J connectivity index is 0.000000297. The highest BCUT2D eigenvalue weighted by Crippen LogP contribution is 2.28. The molecule has 3 aromatic rings. The van der Waals surface area contributed by atoms with Crippen LogP contribution in [0.2, 0.25) is 0 Å². The Morgan fingerprint density at radius 1 is 0.861 bits per heavy atom. The predicted molar refractivity (Wildman–Crippen MR) is 125 cm³/mol. The second kappa shape index (κ2) is 11.6. The number of hydrogen-bond donors (Lipinski definition) is 1. The number of methoxy groups -OCH3 is 2. The average molecular weight is 562 g/mol. The number of nitro benzene ring substituents is 2. The molecule has 0 unspecified atom stereocenters. The van der Waals surface area contributed by atoms with Crippen molar-refractivity contribution in [1.29, 1.82) is 0 Å². The Hall–Kier alpha value is -4.09. The largest absolute Gasteiger partial charge is 0.490 e. The monoisotopic (exact) mass is 561 g/mol. The number of ether oxygens (including phenoxy) is 2. The van der Waals surface area contributed by atoms with Gasteiger partial charge in [0.25, 0.3) is 36.3 Å². The lowest BCUT2D eigenvalue weighted by molar-refractivity contribution is -0.388. The van der Waals surface area contributed by atoms with Crippen molar-refractivity contribution in [3.63, 3.8) is 0 Å². The lowest BCUT2D eigenvalue weighted by Crippen LogP contribution is -2.16. The summed E-state index contributed by atoms with van der Waals surface area (Å²) in [4.78, 5) is 26.3. The van der Waals surface area contributed by atoms with Gasteiger partial charge in [-0.05, 0) is 12.1 Å². The molecule has 3 rings (SSSR count). The number of halogens is 1. The Kier molecular flexibility index (Phi) is 9.04. The van der Waals surface area contributed by atoms with E-state index in [2.05, 4.69) is 14.7 Å². The molecule has 15 nitrogen and oxygen atoms in total. The zero-order valence-corrected chi connectivity index (χ0v) is 20.7. The normalized spacial score (nSPS) is 11.0. The number of anilines is 1. The first-order chi connectivity index (χ1) is 16.8. The van der Waals surface area contributed by atoms with Crippen molar-refractivity contribution < 1.29 is 36.2 Å².